The Morgan fingerprint density at radius 1 is 1.10 bits per heavy atom. The number of carbonyl (C=O) groups excluding carboxylic acids is 1. The molecule has 0 unspecified atom stereocenters. The average molecular weight is 392 g/mol. The molecule has 1 saturated carbocycles. The van der Waals surface area contributed by atoms with Gasteiger partial charge in [-0.1, -0.05) is 17.3 Å². The van der Waals surface area contributed by atoms with Gasteiger partial charge in [-0.3, -0.25) is 9.59 Å². The molecule has 0 bridgehead atoms. The summed E-state index contributed by atoms with van der Waals surface area (Å²) in [6, 6.07) is 14.6. The van der Waals surface area contributed by atoms with Crippen molar-refractivity contribution >= 4 is 22.5 Å². The molecule has 150 valence electrons. The highest BCUT2D eigenvalue weighted by atomic mass is 16.5. The van der Waals surface area contributed by atoms with Crippen LogP contribution in [0, 0.1) is 11.8 Å². The van der Waals surface area contributed by atoms with Crippen molar-refractivity contribution in [3.63, 3.8) is 0 Å². The van der Waals surface area contributed by atoms with E-state index in [1.807, 2.05) is 36.4 Å². The highest BCUT2D eigenvalue weighted by Gasteiger charge is 2.27. The smallest absolute Gasteiger partial charge is 0.277 e. The van der Waals surface area contributed by atoms with Gasteiger partial charge in [-0.15, -0.1) is 5.10 Å². The van der Waals surface area contributed by atoms with Gasteiger partial charge in [-0.05, 0) is 68.0 Å². The lowest BCUT2D eigenvalue weighted by atomic mass is 9.81. The van der Waals surface area contributed by atoms with Crippen molar-refractivity contribution in [2.24, 2.45) is 11.8 Å². The molecule has 0 spiro atoms. The van der Waals surface area contributed by atoms with Gasteiger partial charge < -0.3 is 10.1 Å². The van der Waals surface area contributed by atoms with Gasteiger partial charge in [0.25, 0.3) is 5.56 Å². The van der Waals surface area contributed by atoms with E-state index in [0.29, 0.717) is 23.4 Å². The zero-order chi connectivity index (χ0) is 20.2. The Hall–Kier alpha value is -3.22. The summed E-state index contributed by atoms with van der Waals surface area (Å²) in [6.07, 6.45) is 3.40. The maximum Gasteiger partial charge on any atom is 0.277 e. The Morgan fingerprint density at radius 3 is 2.55 bits per heavy atom. The number of ether oxygens (including phenoxy) is 1. The predicted octanol–water partition coefficient (Wildman–Crippen LogP) is 3.25. The number of carbonyl (C=O) groups is 1. The van der Waals surface area contributed by atoms with Gasteiger partial charge >= 0.3 is 0 Å². The quantitative estimate of drug-likeness (QED) is 0.720. The van der Waals surface area contributed by atoms with Gasteiger partial charge in [0, 0.05) is 18.2 Å². The van der Waals surface area contributed by atoms with Crippen LogP contribution in [0.2, 0.25) is 0 Å². The zero-order valence-corrected chi connectivity index (χ0v) is 16.4. The summed E-state index contributed by atoms with van der Waals surface area (Å²) in [4.78, 5) is 25.2. The first kappa shape index (κ1) is 19.1. The Labute approximate surface area is 168 Å². The maximum absolute atomic E-state index is 12.6. The first-order valence-electron chi connectivity index (χ1n) is 9.91. The van der Waals surface area contributed by atoms with Crippen LogP contribution in [-0.4, -0.2) is 28.0 Å². The van der Waals surface area contributed by atoms with Crippen LogP contribution in [-0.2, 0) is 11.3 Å². The molecule has 0 atom stereocenters. The molecule has 7 nitrogen and oxygen atoms in total. The van der Waals surface area contributed by atoms with Gasteiger partial charge in [0.2, 0.25) is 5.91 Å². The summed E-state index contributed by atoms with van der Waals surface area (Å²) in [7, 11) is 1.61. The first-order valence-corrected chi connectivity index (χ1v) is 9.91. The van der Waals surface area contributed by atoms with Crippen molar-refractivity contribution < 1.29 is 9.53 Å². The van der Waals surface area contributed by atoms with Gasteiger partial charge in [-0.25, -0.2) is 4.68 Å². The monoisotopic (exact) mass is 392 g/mol. The zero-order valence-electron chi connectivity index (χ0n) is 16.4. The highest BCUT2D eigenvalue weighted by molar-refractivity contribution is 5.92. The Kier molecular flexibility index (Phi) is 5.55. The summed E-state index contributed by atoms with van der Waals surface area (Å²) in [5.41, 5.74) is 1.29. The fourth-order valence-electron chi connectivity index (χ4n) is 3.91. The number of amides is 1. The van der Waals surface area contributed by atoms with E-state index in [-0.39, 0.29) is 17.4 Å². The number of anilines is 1. The van der Waals surface area contributed by atoms with E-state index < -0.39 is 0 Å². The molecule has 0 aliphatic heterocycles. The number of fused-ring (bicyclic) bond motifs is 1. The maximum atomic E-state index is 12.6. The predicted molar refractivity (Wildman–Crippen MR) is 111 cm³/mol. The molecule has 1 aliphatic rings. The molecule has 29 heavy (non-hydrogen) atoms. The largest absolute Gasteiger partial charge is 0.497 e. The molecule has 7 heteroatoms. The number of hydrogen-bond donors (Lipinski definition) is 1. The molecule has 1 fully saturated rings. The molecule has 1 N–H and O–H groups in total. The third-order valence-corrected chi connectivity index (χ3v) is 5.64. The number of aromatic nitrogens is 3. The van der Waals surface area contributed by atoms with Crippen molar-refractivity contribution in [3.8, 4) is 5.75 Å². The lowest BCUT2D eigenvalue weighted by Gasteiger charge is -2.27. The van der Waals surface area contributed by atoms with Crippen LogP contribution in [0.3, 0.4) is 0 Å². The Bertz CT molecular complexity index is 1050. The van der Waals surface area contributed by atoms with E-state index in [0.717, 1.165) is 37.1 Å². The van der Waals surface area contributed by atoms with Gasteiger partial charge in [-0.2, -0.15) is 0 Å². The SMILES string of the molecule is COc1ccc(NC(=O)C2CCC(Cn3nnc4ccccc4c3=O)CC2)cc1. The van der Waals surface area contributed by atoms with Crippen LogP contribution in [0.1, 0.15) is 25.7 Å². The number of methoxy groups -OCH3 is 1. The average Bonchev–Trinajstić information content (AvgIpc) is 2.77. The lowest BCUT2D eigenvalue weighted by Crippen LogP contribution is -2.32. The van der Waals surface area contributed by atoms with Crippen molar-refractivity contribution in [2.45, 2.75) is 32.2 Å². The Morgan fingerprint density at radius 2 is 1.83 bits per heavy atom. The minimum Gasteiger partial charge on any atom is -0.497 e. The van der Waals surface area contributed by atoms with E-state index in [9.17, 15) is 9.59 Å². The van der Waals surface area contributed by atoms with Crippen LogP contribution >= 0.6 is 0 Å². The number of nitrogens with one attached hydrogen (secondary N) is 1. The standard InChI is InChI=1S/C22H24N4O3/c1-29-18-12-10-17(11-13-18)23-21(27)16-8-6-15(7-9-16)14-26-22(28)19-4-2-3-5-20(19)24-25-26/h2-5,10-13,15-16H,6-9,14H2,1H3,(H,23,27). The molecule has 1 amide bonds. The van der Waals surface area contributed by atoms with Crippen LogP contribution in [0.5, 0.6) is 5.75 Å². The van der Waals surface area contributed by atoms with E-state index in [2.05, 4.69) is 15.6 Å². The Balaban J connectivity index is 1.34. The molecule has 0 saturated heterocycles. The van der Waals surface area contributed by atoms with Crippen molar-refractivity contribution in [3.05, 3.63) is 58.9 Å². The third-order valence-electron chi connectivity index (χ3n) is 5.64. The molecular weight excluding hydrogens is 368 g/mol. The molecule has 1 aromatic heterocycles. The van der Waals surface area contributed by atoms with Gasteiger partial charge in [0.05, 0.1) is 12.5 Å². The van der Waals surface area contributed by atoms with E-state index in [1.54, 1.807) is 19.2 Å². The molecule has 1 heterocycles. The van der Waals surface area contributed by atoms with E-state index in [4.69, 9.17) is 4.74 Å². The number of rotatable bonds is 5. The van der Waals surface area contributed by atoms with Gasteiger partial charge in [0.1, 0.15) is 11.3 Å². The van der Waals surface area contributed by atoms with Crippen molar-refractivity contribution in [2.75, 3.05) is 12.4 Å². The number of nitrogens with zero attached hydrogens (tertiary/aromatic N) is 3. The minimum absolute atomic E-state index is 0.00670. The molecule has 0 radical (unpaired) electrons. The summed E-state index contributed by atoms with van der Waals surface area (Å²) < 4.78 is 6.60. The topological polar surface area (TPSA) is 86.1 Å². The third kappa shape index (κ3) is 4.29. The second-order valence-electron chi connectivity index (χ2n) is 7.53. The molecule has 4 rings (SSSR count). The molecule has 2 aromatic carbocycles. The summed E-state index contributed by atoms with van der Waals surface area (Å²) in [6.45, 7) is 0.545. The summed E-state index contributed by atoms with van der Waals surface area (Å²) in [5, 5.41) is 11.8. The molecule has 3 aromatic rings. The normalized spacial score (nSPS) is 19.1. The van der Waals surface area contributed by atoms with Crippen LogP contribution in [0.15, 0.2) is 53.3 Å². The van der Waals surface area contributed by atoms with Crippen molar-refractivity contribution in [1.29, 1.82) is 0 Å². The minimum atomic E-state index is -0.102. The first-order chi connectivity index (χ1) is 14.1. The highest BCUT2D eigenvalue weighted by Crippen LogP contribution is 2.30. The number of benzene rings is 2. The number of hydrogen-bond acceptors (Lipinski definition) is 5. The molecular formula is C22H24N4O3. The van der Waals surface area contributed by atoms with Crippen LogP contribution in [0.25, 0.3) is 10.9 Å². The van der Waals surface area contributed by atoms with E-state index in [1.165, 1.54) is 4.68 Å². The van der Waals surface area contributed by atoms with Crippen molar-refractivity contribution in [1.82, 2.24) is 15.0 Å². The van der Waals surface area contributed by atoms with E-state index >= 15 is 0 Å². The second-order valence-corrected chi connectivity index (χ2v) is 7.53. The lowest BCUT2D eigenvalue weighted by molar-refractivity contribution is -0.121. The molecule has 1 aliphatic carbocycles. The van der Waals surface area contributed by atoms with Gasteiger partial charge in [0.15, 0.2) is 0 Å². The summed E-state index contributed by atoms with van der Waals surface area (Å²) >= 11 is 0. The van der Waals surface area contributed by atoms with Crippen LogP contribution < -0.4 is 15.6 Å². The summed E-state index contributed by atoms with van der Waals surface area (Å²) in [5.74, 6) is 1.13. The fraction of sp³-hybridized carbons (Fsp3) is 0.364. The second kappa shape index (κ2) is 8.43. The van der Waals surface area contributed by atoms with Crippen LogP contribution in [0.4, 0.5) is 5.69 Å². The fourth-order valence-corrected chi connectivity index (χ4v) is 3.91.